The van der Waals surface area contributed by atoms with Crippen LogP contribution < -0.4 is 11.1 Å². The lowest BCUT2D eigenvalue weighted by Crippen LogP contribution is -2.37. The number of rotatable bonds is 6. The summed E-state index contributed by atoms with van der Waals surface area (Å²) in [7, 11) is -1.19. The minimum Gasteiger partial charge on any atom is -0.327 e. The van der Waals surface area contributed by atoms with E-state index in [9.17, 15) is 13.2 Å². The van der Waals surface area contributed by atoms with E-state index in [1.807, 2.05) is 48.0 Å². The molecule has 1 aromatic heterocycles. The molecule has 0 aliphatic carbocycles. The molecule has 7 nitrogen and oxygen atoms in total. The van der Waals surface area contributed by atoms with E-state index in [0.717, 1.165) is 28.7 Å². The Kier molecular flexibility index (Phi) is 6.82. The largest absolute Gasteiger partial charge is 0.327 e. The molecule has 2 aromatic carbocycles. The van der Waals surface area contributed by atoms with Gasteiger partial charge >= 0.3 is 0 Å². The summed E-state index contributed by atoms with van der Waals surface area (Å²) in [5.74, 6) is 0.306. The number of imidazole rings is 1. The van der Waals surface area contributed by atoms with Crippen LogP contribution in [-0.4, -0.2) is 41.9 Å². The molecule has 0 aliphatic rings. The van der Waals surface area contributed by atoms with E-state index < -0.39 is 21.8 Å². The van der Waals surface area contributed by atoms with E-state index in [4.69, 9.17) is 5.73 Å². The Morgan fingerprint density at radius 1 is 1.18 bits per heavy atom. The number of aromatic nitrogens is 2. The molecule has 3 rings (SSSR count). The van der Waals surface area contributed by atoms with Crippen molar-refractivity contribution < 1.29 is 13.2 Å². The van der Waals surface area contributed by atoms with E-state index in [1.165, 1.54) is 0 Å². The van der Waals surface area contributed by atoms with Crippen LogP contribution in [0.15, 0.2) is 48.5 Å². The molecular weight excluding hydrogens is 400 g/mol. The minimum absolute atomic E-state index is 0. The van der Waals surface area contributed by atoms with Crippen molar-refractivity contribution >= 4 is 44.9 Å². The van der Waals surface area contributed by atoms with Gasteiger partial charge in [-0.15, -0.1) is 12.4 Å². The summed E-state index contributed by atoms with van der Waals surface area (Å²) >= 11 is 0. The lowest BCUT2D eigenvalue weighted by molar-refractivity contribution is -0.117. The van der Waals surface area contributed by atoms with Crippen LogP contribution in [0.4, 0.5) is 5.69 Å². The molecule has 0 fully saturated rings. The van der Waals surface area contributed by atoms with Crippen LogP contribution in [0.1, 0.15) is 6.42 Å². The van der Waals surface area contributed by atoms with E-state index in [-0.39, 0.29) is 24.6 Å². The van der Waals surface area contributed by atoms with E-state index in [0.29, 0.717) is 5.69 Å². The number of carbonyl (C=O) groups excluding carboxylic acids is 1. The summed E-state index contributed by atoms with van der Waals surface area (Å²) in [5.41, 5.74) is 9.25. The zero-order valence-electron chi connectivity index (χ0n) is 15.6. The van der Waals surface area contributed by atoms with Gasteiger partial charge in [-0.1, -0.05) is 12.1 Å². The molecule has 0 saturated heterocycles. The average molecular weight is 423 g/mol. The van der Waals surface area contributed by atoms with Crippen molar-refractivity contribution in [3.8, 4) is 11.4 Å². The molecule has 9 heteroatoms. The van der Waals surface area contributed by atoms with Crippen LogP contribution in [0.3, 0.4) is 0 Å². The van der Waals surface area contributed by atoms with Gasteiger partial charge in [0.1, 0.15) is 15.7 Å². The monoisotopic (exact) mass is 422 g/mol. The van der Waals surface area contributed by atoms with Gasteiger partial charge in [0.15, 0.2) is 0 Å². The first-order valence-electron chi connectivity index (χ1n) is 8.50. The third kappa shape index (κ3) is 5.09. The highest BCUT2D eigenvalue weighted by Gasteiger charge is 2.16. The van der Waals surface area contributed by atoms with Crippen LogP contribution in [-0.2, 0) is 21.7 Å². The predicted octanol–water partition coefficient (Wildman–Crippen LogP) is 2.36. The number of amides is 1. The van der Waals surface area contributed by atoms with E-state index in [1.54, 1.807) is 12.1 Å². The highest BCUT2D eigenvalue weighted by Crippen LogP contribution is 2.24. The van der Waals surface area contributed by atoms with Gasteiger partial charge in [0.05, 0.1) is 22.8 Å². The number of nitrogens with two attached hydrogens (primary N) is 1. The predicted molar refractivity (Wildman–Crippen MR) is 114 cm³/mol. The molecule has 3 N–H and O–H groups in total. The summed E-state index contributed by atoms with van der Waals surface area (Å²) in [6.45, 7) is 0. The number of benzene rings is 2. The second kappa shape index (κ2) is 8.72. The maximum Gasteiger partial charge on any atom is 0.241 e. The summed E-state index contributed by atoms with van der Waals surface area (Å²) in [6.07, 6.45) is 1.21. The van der Waals surface area contributed by atoms with Crippen LogP contribution in [0.2, 0.25) is 0 Å². The molecule has 28 heavy (non-hydrogen) atoms. The molecule has 1 unspecified atom stereocenters. The Balaban J connectivity index is 0.00000280. The number of fused-ring (bicyclic) bond motifs is 1. The summed E-state index contributed by atoms with van der Waals surface area (Å²) in [4.78, 5) is 16.8. The highest BCUT2D eigenvalue weighted by molar-refractivity contribution is 7.90. The van der Waals surface area contributed by atoms with E-state index in [2.05, 4.69) is 10.3 Å². The molecule has 0 aliphatic heterocycles. The van der Waals surface area contributed by atoms with E-state index >= 15 is 0 Å². The topological polar surface area (TPSA) is 107 Å². The Morgan fingerprint density at radius 2 is 1.82 bits per heavy atom. The molecule has 1 atom stereocenters. The standard InChI is InChI=1S/C19H22N4O3S.ClH/c1-23-17-6-4-3-5-16(17)22-18(23)13-7-9-14(10-8-13)21-19(24)15(20)11-12-27(2,25)26;/h3-10,15H,11-12,20H2,1-2H3,(H,21,24);1H. The van der Waals surface area contributed by atoms with Crippen molar-refractivity contribution in [2.75, 3.05) is 17.3 Å². The SMILES string of the molecule is Cl.Cn1c(-c2ccc(NC(=O)C(N)CCS(C)(=O)=O)cc2)nc2ccccc21. The lowest BCUT2D eigenvalue weighted by atomic mass is 10.1. The van der Waals surface area contributed by atoms with Gasteiger partial charge in [-0.2, -0.15) is 0 Å². The highest BCUT2D eigenvalue weighted by atomic mass is 35.5. The van der Waals surface area contributed by atoms with Crippen molar-refractivity contribution in [3.05, 3.63) is 48.5 Å². The molecule has 150 valence electrons. The number of hydrogen-bond donors (Lipinski definition) is 2. The number of sulfone groups is 1. The normalized spacial score (nSPS) is 12.4. The number of aryl methyl sites for hydroxylation is 1. The fourth-order valence-corrected chi connectivity index (χ4v) is 3.50. The molecule has 0 bridgehead atoms. The van der Waals surface area contributed by atoms with Crippen LogP contribution >= 0.6 is 12.4 Å². The molecule has 0 spiro atoms. The summed E-state index contributed by atoms with van der Waals surface area (Å²) in [6, 6.07) is 14.3. The van der Waals surface area contributed by atoms with Gasteiger partial charge in [0.25, 0.3) is 0 Å². The zero-order chi connectivity index (χ0) is 19.6. The molecule has 1 amide bonds. The summed E-state index contributed by atoms with van der Waals surface area (Å²) in [5, 5.41) is 2.71. The van der Waals surface area contributed by atoms with Gasteiger partial charge in [0.2, 0.25) is 5.91 Å². The first-order valence-corrected chi connectivity index (χ1v) is 10.6. The van der Waals surface area contributed by atoms with Gasteiger partial charge in [-0.25, -0.2) is 13.4 Å². The molecule has 1 heterocycles. The number of hydrogen-bond acceptors (Lipinski definition) is 5. The quantitative estimate of drug-likeness (QED) is 0.634. The van der Waals surface area contributed by atoms with Gasteiger partial charge < -0.3 is 15.6 Å². The number of anilines is 1. The molecule has 0 saturated carbocycles. The van der Waals surface area contributed by atoms with Crippen LogP contribution in [0.5, 0.6) is 0 Å². The van der Waals surface area contributed by atoms with Crippen molar-refractivity contribution in [2.45, 2.75) is 12.5 Å². The van der Waals surface area contributed by atoms with Crippen molar-refractivity contribution in [1.82, 2.24) is 9.55 Å². The van der Waals surface area contributed by atoms with Crippen molar-refractivity contribution in [2.24, 2.45) is 12.8 Å². The lowest BCUT2D eigenvalue weighted by Gasteiger charge is -2.12. The van der Waals surface area contributed by atoms with Crippen LogP contribution in [0, 0.1) is 0 Å². The third-order valence-electron chi connectivity index (χ3n) is 4.33. The molecule has 0 radical (unpaired) electrons. The Labute approximate surface area is 170 Å². The Morgan fingerprint density at radius 3 is 2.43 bits per heavy atom. The second-order valence-electron chi connectivity index (χ2n) is 6.57. The third-order valence-corrected chi connectivity index (χ3v) is 5.31. The smallest absolute Gasteiger partial charge is 0.241 e. The van der Waals surface area contributed by atoms with Gasteiger partial charge in [0, 0.05) is 24.6 Å². The Bertz CT molecular complexity index is 1080. The fourth-order valence-electron chi connectivity index (χ4n) is 2.81. The van der Waals surface area contributed by atoms with Crippen molar-refractivity contribution in [1.29, 1.82) is 0 Å². The number of nitrogens with one attached hydrogen (secondary N) is 1. The minimum atomic E-state index is -3.15. The first kappa shape index (κ1) is 21.9. The van der Waals surface area contributed by atoms with Gasteiger partial charge in [-0.3, -0.25) is 4.79 Å². The number of para-hydroxylation sites is 2. The fraction of sp³-hybridized carbons (Fsp3) is 0.263. The second-order valence-corrected chi connectivity index (χ2v) is 8.83. The Hall–Kier alpha value is -2.42. The zero-order valence-corrected chi connectivity index (χ0v) is 17.3. The molecule has 3 aromatic rings. The molecular formula is C19H23ClN4O3S. The maximum atomic E-state index is 12.1. The maximum absolute atomic E-state index is 12.1. The number of halogens is 1. The first-order chi connectivity index (χ1) is 12.7. The van der Waals surface area contributed by atoms with Crippen molar-refractivity contribution in [3.63, 3.8) is 0 Å². The van der Waals surface area contributed by atoms with Gasteiger partial charge in [-0.05, 0) is 42.8 Å². The number of carbonyl (C=O) groups is 1. The average Bonchev–Trinajstić information content (AvgIpc) is 2.97. The van der Waals surface area contributed by atoms with Crippen LogP contribution in [0.25, 0.3) is 22.4 Å². The summed E-state index contributed by atoms with van der Waals surface area (Å²) < 4.78 is 24.4. The number of nitrogens with zero attached hydrogens (tertiary/aromatic N) is 2.